The minimum atomic E-state index is -0.853. The quantitative estimate of drug-likeness (QED) is 0.825. The Labute approximate surface area is 124 Å². The van der Waals surface area contributed by atoms with Gasteiger partial charge in [-0.2, -0.15) is 0 Å². The van der Waals surface area contributed by atoms with E-state index in [1.807, 2.05) is 4.90 Å². The molecule has 0 aromatic rings. The molecule has 1 aliphatic heterocycles. The van der Waals surface area contributed by atoms with Gasteiger partial charge in [0.1, 0.15) is 0 Å². The molecule has 2 amide bonds. The number of amides is 2. The lowest BCUT2D eigenvalue weighted by molar-refractivity contribution is -0.150. The Hall–Kier alpha value is -1.59. The van der Waals surface area contributed by atoms with E-state index in [2.05, 4.69) is 0 Å². The predicted octanol–water partition coefficient (Wildman–Crippen LogP) is 0.568. The Morgan fingerprint density at radius 2 is 1.29 bits per heavy atom. The summed E-state index contributed by atoms with van der Waals surface area (Å²) in [4.78, 5) is 39.3. The molecule has 1 saturated heterocycles. The van der Waals surface area contributed by atoms with Gasteiger partial charge >= 0.3 is 5.97 Å². The molecular weight excluding hydrogens is 272 g/mol. The third kappa shape index (κ3) is 2.89. The van der Waals surface area contributed by atoms with Crippen molar-refractivity contribution in [3.63, 3.8) is 0 Å². The van der Waals surface area contributed by atoms with Crippen LogP contribution in [0.5, 0.6) is 0 Å². The zero-order valence-corrected chi connectivity index (χ0v) is 12.2. The van der Waals surface area contributed by atoms with Crippen LogP contribution in [0.25, 0.3) is 0 Å². The molecule has 2 aliphatic carbocycles. The third-order valence-electron chi connectivity index (χ3n) is 4.98. The van der Waals surface area contributed by atoms with Crippen molar-refractivity contribution in [2.45, 2.75) is 32.1 Å². The van der Waals surface area contributed by atoms with E-state index in [1.165, 1.54) is 0 Å². The molecule has 1 N–H and O–H groups in total. The Balaban J connectivity index is 1.55. The van der Waals surface area contributed by atoms with Gasteiger partial charge in [-0.25, -0.2) is 0 Å². The van der Waals surface area contributed by atoms with Gasteiger partial charge < -0.3 is 14.9 Å². The van der Waals surface area contributed by atoms with E-state index < -0.39 is 11.9 Å². The van der Waals surface area contributed by atoms with Crippen molar-refractivity contribution in [3.05, 3.63) is 0 Å². The zero-order valence-electron chi connectivity index (χ0n) is 12.2. The molecule has 21 heavy (non-hydrogen) atoms. The average molecular weight is 294 g/mol. The van der Waals surface area contributed by atoms with E-state index in [9.17, 15) is 19.5 Å². The van der Waals surface area contributed by atoms with Crippen LogP contribution < -0.4 is 0 Å². The molecule has 2 unspecified atom stereocenters. The van der Waals surface area contributed by atoms with Gasteiger partial charge in [0.15, 0.2) is 0 Å². The molecule has 0 radical (unpaired) electrons. The van der Waals surface area contributed by atoms with Gasteiger partial charge in [0.05, 0.1) is 11.8 Å². The van der Waals surface area contributed by atoms with Crippen LogP contribution in [0.15, 0.2) is 0 Å². The van der Waals surface area contributed by atoms with E-state index in [1.54, 1.807) is 4.90 Å². The summed E-state index contributed by atoms with van der Waals surface area (Å²) in [7, 11) is 0. The molecule has 2 saturated carbocycles. The molecule has 0 spiro atoms. The molecule has 6 heteroatoms. The molecule has 0 aromatic heterocycles. The number of piperazine rings is 1. The molecule has 3 fully saturated rings. The molecule has 3 rings (SSSR count). The summed E-state index contributed by atoms with van der Waals surface area (Å²) < 4.78 is 0. The van der Waals surface area contributed by atoms with Gasteiger partial charge in [-0.05, 0) is 25.7 Å². The molecule has 0 aromatic carbocycles. The summed E-state index contributed by atoms with van der Waals surface area (Å²) in [5.74, 6) is -1.33. The fourth-order valence-electron chi connectivity index (χ4n) is 3.52. The molecule has 6 nitrogen and oxygen atoms in total. The molecule has 1 heterocycles. The maximum atomic E-state index is 12.5. The Morgan fingerprint density at radius 3 is 1.81 bits per heavy atom. The first-order chi connectivity index (χ1) is 10.1. The second-order valence-corrected chi connectivity index (χ2v) is 6.41. The normalized spacial score (nSPS) is 29.5. The maximum absolute atomic E-state index is 12.5. The van der Waals surface area contributed by atoms with Gasteiger partial charge in [0, 0.05) is 32.1 Å². The summed E-state index contributed by atoms with van der Waals surface area (Å²) in [5, 5.41) is 9.19. The van der Waals surface area contributed by atoms with Crippen molar-refractivity contribution < 1.29 is 19.5 Å². The molecule has 116 valence electrons. The fraction of sp³-hybridized carbons (Fsp3) is 0.800. The summed E-state index contributed by atoms with van der Waals surface area (Å²) in [6, 6.07) is 0. The first-order valence-corrected chi connectivity index (χ1v) is 7.88. The number of carbonyl (C=O) groups excluding carboxylic acids is 2. The number of hydrogen-bond acceptors (Lipinski definition) is 3. The van der Waals surface area contributed by atoms with Crippen LogP contribution >= 0.6 is 0 Å². The first-order valence-electron chi connectivity index (χ1n) is 7.88. The van der Waals surface area contributed by atoms with Crippen LogP contribution in [0.2, 0.25) is 0 Å². The number of carbonyl (C=O) groups is 3. The van der Waals surface area contributed by atoms with E-state index >= 15 is 0 Å². The predicted molar refractivity (Wildman–Crippen MR) is 74.4 cm³/mol. The standard InChI is InChI=1S/C15H22N2O4/c18-13(10-4-5-10)16-6-8-17(9-7-16)14(19)11-2-1-3-12(11)15(20)21/h10-12H,1-9H2,(H,20,21). The van der Waals surface area contributed by atoms with E-state index in [-0.39, 0.29) is 23.7 Å². The first kappa shape index (κ1) is 14.4. The smallest absolute Gasteiger partial charge is 0.307 e. The molecular formula is C15H22N2O4. The van der Waals surface area contributed by atoms with Crippen LogP contribution in [0.1, 0.15) is 32.1 Å². The largest absolute Gasteiger partial charge is 0.481 e. The van der Waals surface area contributed by atoms with Crippen LogP contribution in [-0.4, -0.2) is 58.9 Å². The second kappa shape index (κ2) is 5.66. The Morgan fingerprint density at radius 1 is 0.762 bits per heavy atom. The Bertz CT molecular complexity index is 453. The fourth-order valence-corrected chi connectivity index (χ4v) is 3.52. The highest BCUT2D eigenvalue weighted by Gasteiger charge is 2.41. The highest BCUT2D eigenvalue weighted by Crippen LogP contribution is 2.34. The van der Waals surface area contributed by atoms with Crippen LogP contribution in [0.4, 0.5) is 0 Å². The van der Waals surface area contributed by atoms with Gasteiger partial charge in [-0.3, -0.25) is 14.4 Å². The van der Waals surface area contributed by atoms with E-state index in [4.69, 9.17) is 0 Å². The Kier molecular flexibility index (Phi) is 3.87. The number of hydrogen-bond donors (Lipinski definition) is 1. The number of rotatable bonds is 3. The molecule has 3 aliphatic rings. The summed E-state index contributed by atoms with van der Waals surface area (Å²) in [5.41, 5.74) is 0. The highest BCUT2D eigenvalue weighted by molar-refractivity contribution is 5.86. The van der Waals surface area contributed by atoms with Crippen molar-refractivity contribution in [1.82, 2.24) is 9.80 Å². The number of carboxylic acids is 1. The SMILES string of the molecule is O=C(O)C1CCCC1C(=O)N1CCN(C(=O)C2CC2)CC1. The summed E-state index contributed by atoms with van der Waals surface area (Å²) in [6.07, 6.45) is 4.09. The van der Waals surface area contributed by atoms with Gasteiger partial charge in [-0.15, -0.1) is 0 Å². The van der Waals surface area contributed by atoms with Gasteiger partial charge in [0.2, 0.25) is 11.8 Å². The zero-order chi connectivity index (χ0) is 15.0. The van der Waals surface area contributed by atoms with Crippen LogP contribution in [0, 0.1) is 17.8 Å². The van der Waals surface area contributed by atoms with E-state index in [0.717, 1.165) is 19.3 Å². The topological polar surface area (TPSA) is 77.9 Å². The van der Waals surface area contributed by atoms with Crippen LogP contribution in [-0.2, 0) is 14.4 Å². The maximum Gasteiger partial charge on any atom is 0.307 e. The monoisotopic (exact) mass is 294 g/mol. The van der Waals surface area contributed by atoms with Crippen molar-refractivity contribution >= 4 is 17.8 Å². The van der Waals surface area contributed by atoms with Crippen molar-refractivity contribution in [2.24, 2.45) is 17.8 Å². The minimum Gasteiger partial charge on any atom is -0.481 e. The lowest BCUT2D eigenvalue weighted by Gasteiger charge is -2.36. The number of aliphatic carboxylic acids is 1. The van der Waals surface area contributed by atoms with Crippen LogP contribution in [0.3, 0.4) is 0 Å². The summed E-state index contributed by atoms with van der Waals surface area (Å²) >= 11 is 0. The van der Waals surface area contributed by atoms with Crippen molar-refractivity contribution in [1.29, 1.82) is 0 Å². The highest BCUT2D eigenvalue weighted by atomic mass is 16.4. The molecule has 2 atom stereocenters. The molecule has 0 bridgehead atoms. The number of carboxylic acid groups (broad SMARTS) is 1. The van der Waals surface area contributed by atoms with Gasteiger partial charge in [-0.1, -0.05) is 6.42 Å². The lowest BCUT2D eigenvalue weighted by atomic mass is 9.94. The van der Waals surface area contributed by atoms with Crippen molar-refractivity contribution in [3.8, 4) is 0 Å². The second-order valence-electron chi connectivity index (χ2n) is 6.41. The van der Waals surface area contributed by atoms with Crippen molar-refractivity contribution in [2.75, 3.05) is 26.2 Å². The minimum absolute atomic E-state index is 0.0292. The summed E-state index contributed by atoms with van der Waals surface area (Å²) in [6.45, 7) is 2.26. The number of nitrogens with zero attached hydrogens (tertiary/aromatic N) is 2. The van der Waals surface area contributed by atoms with Gasteiger partial charge in [0.25, 0.3) is 0 Å². The average Bonchev–Trinajstić information content (AvgIpc) is 3.22. The lowest BCUT2D eigenvalue weighted by Crippen LogP contribution is -2.52. The van der Waals surface area contributed by atoms with E-state index in [0.29, 0.717) is 39.0 Å². The third-order valence-corrected chi connectivity index (χ3v) is 4.98.